The van der Waals surface area contributed by atoms with Gasteiger partial charge in [0.2, 0.25) is 0 Å². The predicted molar refractivity (Wildman–Crippen MR) is 61.0 cm³/mol. The van der Waals surface area contributed by atoms with Crippen LogP contribution in [-0.4, -0.2) is 26.1 Å². The minimum absolute atomic E-state index is 0.0546. The summed E-state index contributed by atoms with van der Waals surface area (Å²) in [5.74, 6) is 0. The van der Waals surface area contributed by atoms with E-state index >= 15 is 0 Å². The molecule has 1 aliphatic rings. The zero-order valence-electron chi connectivity index (χ0n) is 9.59. The van der Waals surface area contributed by atoms with Crippen molar-refractivity contribution >= 4 is 0 Å². The van der Waals surface area contributed by atoms with Crippen LogP contribution in [0.25, 0.3) is 0 Å². The third-order valence-corrected chi connectivity index (χ3v) is 2.76. The number of benzene rings is 1. The molecule has 16 heavy (non-hydrogen) atoms. The third-order valence-electron chi connectivity index (χ3n) is 2.76. The smallest absolute Gasteiger partial charge is 0.183 e. The summed E-state index contributed by atoms with van der Waals surface area (Å²) in [6.07, 6.45) is 1.89. The van der Waals surface area contributed by atoms with E-state index in [0.717, 1.165) is 19.4 Å². The highest BCUT2D eigenvalue weighted by Crippen LogP contribution is 2.19. The number of hydrogen-bond acceptors (Lipinski definition) is 3. The molecule has 2 rings (SSSR count). The fourth-order valence-corrected chi connectivity index (χ4v) is 1.89. The summed E-state index contributed by atoms with van der Waals surface area (Å²) in [5, 5.41) is 0. The Balaban J connectivity index is 1.84. The first-order valence-corrected chi connectivity index (χ1v) is 5.70. The van der Waals surface area contributed by atoms with Crippen molar-refractivity contribution < 1.29 is 14.2 Å². The zero-order valence-corrected chi connectivity index (χ0v) is 9.59. The van der Waals surface area contributed by atoms with Crippen LogP contribution in [-0.2, 0) is 20.8 Å². The van der Waals surface area contributed by atoms with Gasteiger partial charge in [-0.1, -0.05) is 30.3 Å². The van der Waals surface area contributed by atoms with Crippen LogP contribution < -0.4 is 0 Å². The molecule has 3 nitrogen and oxygen atoms in total. The average molecular weight is 222 g/mol. The van der Waals surface area contributed by atoms with Gasteiger partial charge in [0.15, 0.2) is 6.29 Å². The SMILES string of the molecule is CO[C@H]1OCCC[C@@H]1OCc1ccccc1. The molecule has 0 aromatic heterocycles. The quantitative estimate of drug-likeness (QED) is 0.782. The molecule has 3 heteroatoms. The maximum atomic E-state index is 5.82. The van der Waals surface area contributed by atoms with Gasteiger partial charge in [-0.05, 0) is 18.4 Å². The molecule has 0 saturated carbocycles. The summed E-state index contributed by atoms with van der Waals surface area (Å²) < 4.78 is 16.5. The first-order chi connectivity index (χ1) is 7.90. The topological polar surface area (TPSA) is 27.7 Å². The van der Waals surface area contributed by atoms with Gasteiger partial charge in [-0.15, -0.1) is 0 Å². The summed E-state index contributed by atoms with van der Waals surface area (Å²) in [7, 11) is 1.66. The molecule has 0 radical (unpaired) electrons. The fourth-order valence-electron chi connectivity index (χ4n) is 1.89. The molecule has 1 aromatic rings. The van der Waals surface area contributed by atoms with Crippen LogP contribution in [0, 0.1) is 0 Å². The maximum Gasteiger partial charge on any atom is 0.183 e. The molecule has 0 unspecified atom stereocenters. The van der Waals surface area contributed by atoms with Crippen molar-refractivity contribution in [3.8, 4) is 0 Å². The lowest BCUT2D eigenvalue weighted by Gasteiger charge is -2.30. The van der Waals surface area contributed by atoms with Crippen LogP contribution in [0.15, 0.2) is 30.3 Å². The molecule has 1 aromatic carbocycles. The summed E-state index contributed by atoms with van der Waals surface area (Å²) in [5.41, 5.74) is 1.18. The second kappa shape index (κ2) is 5.99. The molecule has 1 heterocycles. The van der Waals surface area contributed by atoms with E-state index in [1.54, 1.807) is 7.11 Å². The molecule has 1 aliphatic heterocycles. The van der Waals surface area contributed by atoms with Crippen molar-refractivity contribution in [1.29, 1.82) is 0 Å². The standard InChI is InChI=1S/C13H18O3/c1-14-13-12(8-5-9-15-13)16-10-11-6-3-2-4-7-11/h2-4,6-7,12-13H,5,8-10H2,1H3/t12-,13-/m0/s1. The lowest BCUT2D eigenvalue weighted by atomic mass is 10.1. The highest BCUT2D eigenvalue weighted by Gasteiger charge is 2.26. The molecule has 0 aliphatic carbocycles. The Hall–Kier alpha value is -0.900. The highest BCUT2D eigenvalue weighted by atomic mass is 16.7. The molecule has 2 atom stereocenters. The molecule has 1 saturated heterocycles. The molecule has 88 valence electrons. The van der Waals surface area contributed by atoms with Crippen molar-refractivity contribution in [3.63, 3.8) is 0 Å². The molecule has 1 fully saturated rings. The van der Waals surface area contributed by atoms with E-state index in [2.05, 4.69) is 12.1 Å². The summed E-state index contributed by atoms with van der Waals surface area (Å²) in [4.78, 5) is 0. The Morgan fingerprint density at radius 1 is 1.31 bits per heavy atom. The van der Waals surface area contributed by atoms with Crippen molar-refractivity contribution in [3.05, 3.63) is 35.9 Å². The highest BCUT2D eigenvalue weighted by molar-refractivity contribution is 5.13. The van der Waals surface area contributed by atoms with Crippen LogP contribution in [0.1, 0.15) is 18.4 Å². The van der Waals surface area contributed by atoms with Crippen LogP contribution >= 0.6 is 0 Å². The van der Waals surface area contributed by atoms with Crippen molar-refractivity contribution in [1.82, 2.24) is 0 Å². The van der Waals surface area contributed by atoms with Crippen LogP contribution in [0.2, 0.25) is 0 Å². The lowest BCUT2D eigenvalue weighted by Crippen LogP contribution is -2.37. The van der Waals surface area contributed by atoms with Gasteiger partial charge in [0.05, 0.1) is 6.61 Å². The minimum atomic E-state index is -0.211. The maximum absolute atomic E-state index is 5.82. The molecular weight excluding hydrogens is 204 g/mol. The Bertz CT molecular complexity index is 299. The monoisotopic (exact) mass is 222 g/mol. The van der Waals surface area contributed by atoms with Gasteiger partial charge in [-0.2, -0.15) is 0 Å². The second-order valence-electron chi connectivity index (χ2n) is 3.95. The normalized spacial score (nSPS) is 25.6. The van der Waals surface area contributed by atoms with Gasteiger partial charge in [-0.25, -0.2) is 0 Å². The largest absolute Gasteiger partial charge is 0.368 e. The Kier molecular flexibility index (Phi) is 4.34. The van der Waals surface area contributed by atoms with E-state index in [0.29, 0.717) is 6.61 Å². The molecule has 0 N–H and O–H groups in total. The van der Waals surface area contributed by atoms with Gasteiger partial charge >= 0.3 is 0 Å². The van der Waals surface area contributed by atoms with E-state index in [-0.39, 0.29) is 12.4 Å². The first kappa shape index (κ1) is 11.6. The third kappa shape index (κ3) is 3.04. The Labute approximate surface area is 96.3 Å². The number of ether oxygens (including phenoxy) is 3. The predicted octanol–water partition coefficient (Wildman–Crippen LogP) is 2.35. The molecule has 0 spiro atoms. The van der Waals surface area contributed by atoms with E-state index in [1.165, 1.54) is 5.56 Å². The van der Waals surface area contributed by atoms with Gasteiger partial charge in [-0.3, -0.25) is 0 Å². The number of methoxy groups -OCH3 is 1. The average Bonchev–Trinajstić information content (AvgIpc) is 2.38. The number of hydrogen-bond donors (Lipinski definition) is 0. The van der Waals surface area contributed by atoms with Gasteiger partial charge < -0.3 is 14.2 Å². The second-order valence-corrected chi connectivity index (χ2v) is 3.95. The van der Waals surface area contributed by atoms with E-state index in [4.69, 9.17) is 14.2 Å². The Morgan fingerprint density at radius 2 is 2.12 bits per heavy atom. The minimum Gasteiger partial charge on any atom is -0.368 e. The summed E-state index contributed by atoms with van der Waals surface area (Å²) >= 11 is 0. The van der Waals surface area contributed by atoms with Crippen molar-refractivity contribution in [2.45, 2.75) is 31.8 Å². The summed E-state index contributed by atoms with van der Waals surface area (Å²) in [6, 6.07) is 10.2. The van der Waals surface area contributed by atoms with Crippen molar-refractivity contribution in [2.75, 3.05) is 13.7 Å². The number of rotatable bonds is 4. The molecule has 0 amide bonds. The van der Waals surface area contributed by atoms with Gasteiger partial charge in [0.1, 0.15) is 6.10 Å². The summed E-state index contributed by atoms with van der Waals surface area (Å²) in [6.45, 7) is 1.39. The van der Waals surface area contributed by atoms with Crippen molar-refractivity contribution in [2.24, 2.45) is 0 Å². The van der Waals surface area contributed by atoms with E-state index in [9.17, 15) is 0 Å². The van der Waals surface area contributed by atoms with Crippen LogP contribution in [0.4, 0.5) is 0 Å². The molecule has 0 bridgehead atoms. The first-order valence-electron chi connectivity index (χ1n) is 5.70. The van der Waals surface area contributed by atoms with E-state index < -0.39 is 0 Å². The lowest BCUT2D eigenvalue weighted by molar-refractivity contribution is -0.218. The van der Waals surface area contributed by atoms with E-state index in [1.807, 2.05) is 18.2 Å². The van der Waals surface area contributed by atoms with Gasteiger partial charge in [0, 0.05) is 13.7 Å². The fraction of sp³-hybridized carbons (Fsp3) is 0.538. The zero-order chi connectivity index (χ0) is 11.2. The molecular formula is C13H18O3. The van der Waals surface area contributed by atoms with Crippen LogP contribution in [0.3, 0.4) is 0 Å². The van der Waals surface area contributed by atoms with Gasteiger partial charge in [0.25, 0.3) is 0 Å². The Morgan fingerprint density at radius 3 is 2.88 bits per heavy atom. The van der Waals surface area contributed by atoms with Crippen LogP contribution in [0.5, 0.6) is 0 Å².